The van der Waals surface area contributed by atoms with E-state index in [-0.39, 0.29) is 5.91 Å². The van der Waals surface area contributed by atoms with Crippen LogP contribution in [0.4, 0.5) is 5.69 Å². The molecule has 2 aliphatic heterocycles. The average Bonchev–Trinajstić information content (AvgIpc) is 2.93. The average molecular weight is 225 g/mol. The van der Waals surface area contributed by atoms with E-state index in [0.29, 0.717) is 12.1 Å². The maximum atomic E-state index is 11.8. The molecule has 0 bridgehead atoms. The Balaban J connectivity index is 1.90. The van der Waals surface area contributed by atoms with Gasteiger partial charge in [-0.15, -0.1) is 0 Å². The van der Waals surface area contributed by atoms with E-state index in [4.69, 9.17) is 0 Å². The van der Waals surface area contributed by atoms with Gasteiger partial charge in [0.2, 0.25) is 0 Å². The Labute approximate surface area is 98.8 Å². The summed E-state index contributed by atoms with van der Waals surface area (Å²) in [4.78, 5) is 16.0. The molecule has 1 amide bonds. The maximum absolute atomic E-state index is 11.8. The van der Waals surface area contributed by atoms with E-state index < -0.39 is 0 Å². The van der Waals surface area contributed by atoms with Crippen LogP contribution in [0.15, 0.2) is 47.6 Å². The number of carbonyl (C=O) groups is 1. The zero-order valence-corrected chi connectivity index (χ0v) is 9.10. The molecule has 4 heteroatoms. The van der Waals surface area contributed by atoms with Crippen LogP contribution in [0.5, 0.6) is 0 Å². The van der Waals surface area contributed by atoms with Gasteiger partial charge in [-0.25, -0.2) is 0 Å². The van der Waals surface area contributed by atoms with Gasteiger partial charge in [0.15, 0.2) is 0 Å². The second kappa shape index (κ2) is 3.90. The minimum absolute atomic E-state index is 0.0822. The highest BCUT2D eigenvalue weighted by atomic mass is 16.2. The summed E-state index contributed by atoms with van der Waals surface area (Å²) in [5, 5.41) is 5.85. The molecule has 0 atom stereocenters. The normalized spacial score (nSPS) is 19.2. The second-order valence-electron chi connectivity index (χ2n) is 3.83. The van der Waals surface area contributed by atoms with Crippen LogP contribution in [0.25, 0.3) is 5.57 Å². The summed E-state index contributed by atoms with van der Waals surface area (Å²) in [5.74, 6) is 0.705. The fraction of sp³-hybridized carbons (Fsp3) is 0.0769. The van der Waals surface area contributed by atoms with E-state index >= 15 is 0 Å². The Kier molecular flexibility index (Phi) is 2.26. The van der Waals surface area contributed by atoms with Crippen LogP contribution in [0.1, 0.15) is 5.56 Å². The molecule has 1 aromatic rings. The molecule has 0 saturated heterocycles. The van der Waals surface area contributed by atoms with Crippen molar-refractivity contribution in [3.8, 4) is 0 Å². The van der Waals surface area contributed by atoms with E-state index in [1.165, 1.54) is 0 Å². The summed E-state index contributed by atoms with van der Waals surface area (Å²) in [5.41, 5.74) is 2.42. The lowest BCUT2D eigenvalue weighted by molar-refractivity contribution is -0.110. The first-order valence-corrected chi connectivity index (χ1v) is 5.43. The van der Waals surface area contributed by atoms with Gasteiger partial charge in [-0.2, -0.15) is 0 Å². The van der Waals surface area contributed by atoms with Crippen molar-refractivity contribution in [2.75, 3.05) is 11.9 Å². The Bertz CT molecular complexity index is 570. The van der Waals surface area contributed by atoms with Crippen LogP contribution >= 0.6 is 0 Å². The number of amidine groups is 1. The Hall–Kier alpha value is -2.36. The predicted molar refractivity (Wildman–Crippen MR) is 67.6 cm³/mol. The molecule has 0 saturated carbocycles. The largest absolute Gasteiger partial charge is 0.346 e. The molecule has 2 N–H and O–H groups in total. The number of para-hydroxylation sites is 1. The number of nitrogens with zero attached hydrogens (tertiary/aromatic N) is 1. The van der Waals surface area contributed by atoms with E-state index in [1.807, 2.05) is 36.4 Å². The zero-order valence-electron chi connectivity index (χ0n) is 9.10. The smallest absolute Gasteiger partial charge is 0.257 e. The van der Waals surface area contributed by atoms with Crippen molar-refractivity contribution in [3.63, 3.8) is 0 Å². The minimum Gasteiger partial charge on any atom is -0.346 e. The lowest BCUT2D eigenvalue weighted by Crippen LogP contribution is -2.15. The Morgan fingerprint density at radius 2 is 2.24 bits per heavy atom. The van der Waals surface area contributed by atoms with Crippen LogP contribution in [0.3, 0.4) is 0 Å². The van der Waals surface area contributed by atoms with Crippen molar-refractivity contribution in [3.05, 3.63) is 48.2 Å². The minimum atomic E-state index is -0.0822. The van der Waals surface area contributed by atoms with Gasteiger partial charge >= 0.3 is 0 Å². The van der Waals surface area contributed by atoms with Crippen LogP contribution in [-0.4, -0.2) is 18.3 Å². The molecular weight excluding hydrogens is 214 g/mol. The summed E-state index contributed by atoms with van der Waals surface area (Å²) in [6, 6.07) is 7.63. The summed E-state index contributed by atoms with van der Waals surface area (Å²) in [6.07, 6.45) is 5.56. The first-order chi connectivity index (χ1) is 8.34. The number of amides is 1. The lowest BCUT2D eigenvalue weighted by Gasteiger charge is -1.99. The first kappa shape index (κ1) is 9.84. The monoisotopic (exact) mass is 225 g/mol. The predicted octanol–water partition coefficient (Wildman–Crippen LogP) is 1.54. The fourth-order valence-corrected chi connectivity index (χ4v) is 1.89. The summed E-state index contributed by atoms with van der Waals surface area (Å²) in [6.45, 7) is 0.703. The van der Waals surface area contributed by atoms with Crippen LogP contribution in [-0.2, 0) is 4.79 Å². The maximum Gasteiger partial charge on any atom is 0.257 e. The van der Waals surface area contributed by atoms with Crippen LogP contribution in [0.2, 0.25) is 0 Å². The zero-order chi connectivity index (χ0) is 11.7. The third kappa shape index (κ3) is 1.73. The van der Waals surface area contributed by atoms with Gasteiger partial charge in [0.25, 0.3) is 5.91 Å². The summed E-state index contributed by atoms with van der Waals surface area (Å²) >= 11 is 0. The number of aliphatic imine (C=N–C) groups is 1. The summed E-state index contributed by atoms with van der Waals surface area (Å²) < 4.78 is 0. The second-order valence-corrected chi connectivity index (χ2v) is 3.83. The van der Waals surface area contributed by atoms with Crippen LogP contribution < -0.4 is 10.6 Å². The van der Waals surface area contributed by atoms with E-state index in [9.17, 15) is 4.79 Å². The highest BCUT2D eigenvalue weighted by Gasteiger charge is 2.23. The first-order valence-electron chi connectivity index (χ1n) is 5.43. The van der Waals surface area contributed by atoms with Gasteiger partial charge in [-0.05, 0) is 12.1 Å². The number of benzene rings is 1. The Morgan fingerprint density at radius 3 is 3.06 bits per heavy atom. The molecule has 4 nitrogen and oxygen atoms in total. The third-order valence-corrected chi connectivity index (χ3v) is 2.72. The van der Waals surface area contributed by atoms with Gasteiger partial charge < -0.3 is 10.6 Å². The number of carbonyl (C=O) groups excluding carboxylic acids is 1. The number of nitrogens with one attached hydrogen (secondary N) is 2. The molecule has 0 aromatic heterocycles. The van der Waals surface area contributed by atoms with Crippen molar-refractivity contribution in [2.24, 2.45) is 4.99 Å². The molecular formula is C13H11N3O. The lowest BCUT2D eigenvalue weighted by atomic mass is 10.1. The van der Waals surface area contributed by atoms with E-state index in [2.05, 4.69) is 15.6 Å². The van der Waals surface area contributed by atoms with Crippen molar-refractivity contribution in [2.45, 2.75) is 0 Å². The third-order valence-electron chi connectivity index (χ3n) is 2.72. The van der Waals surface area contributed by atoms with Gasteiger partial charge in [0.1, 0.15) is 5.84 Å². The fourth-order valence-electron chi connectivity index (χ4n) is 1.89. The summed E-state index contributed by atoms with van der Waals surface area (Å²) in [7, 11) is 0. The molecule has 2 heterocycles. The molecule has 0 spiro atoms. The number of fused-ring (bicyclic) bond motifs is 1. The van der Waals surface area contributed by atoms with E-state index in [1.54, 1.807) is 6.20 Å². The SMILES string of the molecule is O=C1Nc2ccccc2C1=CNC1=NCC=C1. The van der Waals surface area contributed by atoms with Gasteiger partial charge in [-0.1, -0.05) is 24.3 Å². The molecule has 0 aliphatic carbocycles. The highest BCUT2D eigenvalue weighted by molar-refractivity contribution is 6.31. The molecule has 0 unspecified atom stereocenters. The van der Waals surface area contributed by atoms with Crippen molar-refractivity contribution in [1.82, 2.24) is 5.32 Å². The van der Waals surface area contributed by atoms with Crippen molar-refractivity contribution >= 4 is 23.0 Å². The molecule has 3 rings (SSSR count). The van der Waals surface area contributed by atoms with Crippen molar-refractivity contribution < 1.29 is 4.79 Å². The molecule has 17 heavy (non-hydrogen) atoms. The molecule has 2 aliphatic rings. The number of anilines is 1. The standard InChI is InChI=1S/C13H11N3O/c17-13-10(8-15-12-6-3-7-14-12)9-4-1-2-5-11(9)16-13/h1-6,8H,7H2,(H,14,15)(H,16,17). The molecule has 0 radical (unpaired) electrons. The van der Waals surface area contributed by atoms with Gasteiger partial charge in [0, 0.05) is 17.5 Å². The number of rotatable bonds is 1. The van der Waals surface area contributed by atoms with Gasteiger partial charge in [0.05, 0.1) is 12.1 Å². The molecule has 84 valence electrons. The highest BCUT2D eigenvalue weighted by Crippen LogP contribution is 2.30. The number of hydrogen-bond donors (Lipinski definition) is 2. The van der Waals surface area contributed by atoms with E-state index in [0.717, 1.165) is 17.1 Å². The number of hydrogen-bond acceptors (Lipinski definition) is 3. The molecule has 1 aromatic carbocycles. The quantitative estimate of drug-likeness (QED) is 0.712. The Morgan fingerprint density at radius 1 is 1.35 bits per heavy atom. The van der Waals surface area contributed by atoms with Gasteiger partial charge in [-0.3, -0.25) is 9.79 Å². The topological polar surface area (TPSA) is 53.5 Å². The molecule has 0 fully saturated rings. The van der Waals surface area contributed by atoms with Crippen LogP contribution in [0, 0.1) is 0 Å². The van der Waals surface area contributed by atoms with Crippen molar-refractivity contribution in [1.29, 1.82) is 0 Å².